The van der Waals surface area contributed by atoms with Gasteiger partial charge in [-0.15, -0.1) is 0 Å². The molecule has 0 spiro atoms. The summed E-state index contributed by atoms with van der Waals surface area (Å²) in [5, 5.41) is 12.3. The zero-order valence-corrected chi connectivity index (χ0v) is 14.3. The molecule has 0 unspecified atom stereocenters. The lowest BCUT2D eigenvalue weighted by Crippen LogP contribution is -2.66. The first-order chi connectivity index (χ1) is 8.51. The molecule has 4 nitrogen and oxygen atoms in total. The molecule has 1 aliphatic rings. The average molecular weight is 287 g/mol. The number of β-lactam (4-membered cyclic amide) rings is 1. The van der Waals surface area contributed by atoms with E-state index in [1.165, 1.54) is 0 Å². The van der Waals surface area contributed by atoms with Crippen molar-refractivity contribution in [1.82, 2.24) is 5.32 Å². The maximum Gasteiger partial charge on any atom is 0.228 e. The Morgan fingerprint density at radius 2 is 1.89 bits per heavy atom. The lowest BCUT2D eigenvalue weighted by atomic mass is 9.79. The summed E-state index contributed by atoms with van der Waals surface area (Å²) in [7, 11) is -1.86. The van der Waals surface area contributed by atoms with Gasteiger partial charge in [-0.25, -0.2) is 0 Å². The molecule has 4 atom stereocenters. The van der Waals surface area contributed by atoms with Crippen LogP contribution >= 0.6 is 0 Å². The van der Waals surface area contributed by atoms with Crippen LogP contribution in [0.2, 0.25) is 18.1 Å². The second-order valence-corrected chi connectivity index (χ2v) is 12.1. The fraction of sp³-hybridized carbons (Fsp3) is 0.929. The molecule has 1 aliphatic heterocycles. The van der Waals surface area contributed by atoms with Gasteiger partial charge in [-0.3, -0.25) is 4.79 Å². The highest BCUT2D eigenvalue weighted by molar-refractivity contribution is 6.74. The Kier molecular flexibility index (Phi) is 4.86. The highest BCUT2D eigenvalue weighted by Gasteiger charge is 2.48. The molecular formula is C14H29NO3Si. The smallest absolute Gasteiger partial charge is 0.228 e. The largest absolute Gasteiger partial charge is 0.413 e. The number of aliphatic hydroxyl groups is 1. The summed E-state index contributed by atoms with van der Waals surface area (Å²) in [4.78, 5) is 11.8. The first kappa shape index (κ1) is 16.7. The lowest BCUT2D eigenvalue weighted by molar-refractivity contribution is -0.142. The second kappa shape index (κ2) is 5.54. The van der Waals surface area contributed by atoms with Crippen molar-refractivity contribution in [3.63, 3.8) is 0 Å². The topological polar surface area (TPSA) is 58.6 Å². The SMILES string of the molecule is C[C@@H](CO)[C@@H]1NC(=O)[C@@H]1[C@@H](C)O[Si](C)(C)C(C)(C)C. The Bertz CT molecular complexity index is 338. The van der Waals surface area contributed by atoms with E-state index in [-0.39, 0.29) is 41.5 Å². The van der Waals surface area contributed by atoms with Crippen LogP contribution in [0.4, 0.5) is 0 Å². The molecule has 112 valence electrons. The average Bonchev–Trinajstić information content (AvgIpc) is 2.22. The molecular weight excluding hydrogens is 258 g/mol. The van der Waals surface area contributed by atoms with Crippen LogP contribution in [0.15, 0.2) is 0 Å². The standard InChI is InChI=1S/C14H29NO3Si/c1-9(8-16)12-11(13(17)15-12)10(2)18-19(6,7)14(3,4)5/h9-12,16H,8H2,1-7H3,(H,15,17)/t9-,10+,11+,12-/m0/s1. The van der Waals surface area contributed by atoms with E-state index in [1.54, 1.807) is 0 Å². The third-order valence-electron chi connectivity index (χ3n) is 4.69. The first-order valence-corrected chi connectivity index (χ1v) is 10.0. The zero-order valence-electron chi connectivity index (χ0n) is 13.3. The third kappa shape index (κ3) is 3.38. The van der Waals surface area contributed by atoms with Crippen LogP contribution < -0.4 is 5.32 Å². The minimum Gasteiger partial charge on any atom is -0.413 e. The maximum atomic E-state index is 11.8. The molecule has 0 aromatic rings. The minimum atomic E-state index is -1.86. The predicted molar refractivity (Wildman–Crippen MR) is 79.4 cm³/mol. The van der Waals surface area contributed by atoms with Gasteiger partial charge in [-0.05, 0) is 25.1 Å². The van der Waals surface area contributed by atoms with Gasteiger partial charge in [-0.2, -0.15) is 0 Å². The molecule has 0 radical (unpaired) electrons. The summed E-state index contributed by atoms with van der Waals surface area (Å²) in [5.74, 6) is 0.000879. The molecule has 19 heavy (non-hydrogen) atoms. The predicted octanol–water partition coefficient (Wildman–Crippen LogP) is 2.14. The Balaban J connectivity index is 2.72. The molecule has 0 aromatic carbocycles. The number of carbonyl (C=O) groups is 1. The molecule has 0 bridgehead atoms. The Labute approximate surface area is 118 Å². The van der Waals surface area contributed by atoms with Gasteiger partial charge >= 0.3 is 0 Å². The van der Waals surface area contributed by atoms with E-state index < -0.39 is 8.32 Å². The van der Waals surface area contributed by atoms with E-state index in [0.717, 1.165) is 0 Å². The molecule has 2 N–H and O–H groups in total. The Morgan fingerprint density at radius 1 is 1.37 bits per heavy atom. The molecule has 0 aliphatic carbocycles. The molecule has 0 saturated carbocycles. The highest BCUT2D eigenvalue weighted by atomic mass is 28.4. The van der Waals surface area contributed by atoms with Gasteiger partial charge in [0.05, 0.1) is 12.0 Å². The summed E-state index contributed by atoms with van der Waals surface area (Å²) in [5.41, 5.74) is 0. The van der Waals surface area contributed by atoms with Crippen molar-refractivity contribution in [2.45, 2.75) is 64.9 Å². The van der Waals surface area contributed by atoms with Crippen molar-refractivity contribution in [2.24, 2.45) is 11.8 Å². The Hall–Kier alpha value is -0.393. The van der Waals surface area contributed by atoms with Crippen LogP contribution in [0.3, 0.4) is 0 Å². The van der Waals surface area contributed by atoms with E-state index in [0.29, 0.717) is 0 Å². The first-order valence-electron chi connectivity index (χ1n) is 7.10. The monoisotopic (exact) mass is 287 g/mol. The van der Waals surface area contributed by atoms with Gasteiger partial charge in [-0.1, -0.05) is 27.7 Å². The van der Waals surface area contributed by atoms with Gasteiger partial charge in [0.15, 0.2) is 8.32 Å². The van der Waals surface area contributed by atoms with Crippen LogP contribution in [0, 0.1) is 11.8 Å². The zero-order chi connectivity index (χ0) is 15.0. The van der Waals surface area contributed by atoms with Crippen LogP contribution in [0.25, 0.3) is 0 Å². The molecule has 1 fully saturated rings. The van der Waals surface area contributed by atoms with E-state index in [2.05, 4.69) is 39.2 Å². The summed E-state index contributed by atoms with van der Waals surface area (Å²) in [6, 6.07) is 0.0391. The van der Waals surface area contributed by atoms with Gasteiger partial charge < -0.3 is 14.8 Å². The lowest BCUT2D eigenvalue weighted by Gasteiger charge is -2.47. The fourth-order valence-electron chi connectivity index (χ4n) is 2.25. The van der Waals surface area contributed by atoms with E-state index in [1.807, 2.05) is 13.8 Å². The van der Waals surface area contributed by atoms with Crippen molar-refractivity contribution in [1.29, 1.82) is 0 Å². The number of rotatable bonds is 5. The van der Waals surface area contributed by atoms with Crippen LogP contribution in [-0.2, 0) is 9.22 Å². The number of hydrogen-bond donors (Lipinski definition) is 2. The molecule has 1 heterocycles. The van der Waals surface area contributed by atoms with E-state index >= 15 is 0 Å². The van der Waals surface area contributed by atoms with Crippen molar-refractivity contribution in [3.05, 3.63) is 0 Å². The molecule has 1 rings (SSSR count). The van der Waals surface area contributed by atoms with Gasteiger partial charge in [0.1, 0.15) is 0 Å². The number of aliphatic hydroxyl groups excluding tert-OH is 1. The van der Waals surface area contributed by atoms with E-state index in [4.69, 9.17) is 4.43 Å². The fourth-order valence-corrected chi connectivity index (χ4v) is 3.68. The number of amides is 1. The summed E-state index contributed by atoms with van der Waals surface area (Å²) in [6.45, 7) is 15.0. The quantitative estimate of drug-likeness (QED) is 0.601. The summed E-state index contributed by atoms with van der Waals surface area (Å²) >= 11 is 0. The number of nitrogens with one attached hydrogen (secondary N) is 1. The van der Waals surface area contributed by atoms with Crippen molar-refractivity contribution in [2.75, 3.05) is 6.61 Å². The number of carbonyl (C=O) groups excluding carboxylic acids is 1. The van der Waals surface area contributed by atoms with Crippen LogP contribution in [0.1, 0.15) is 34.6 Å². The Morgan fingerprint density at radius 3 is 2.26 bits per heavy atom. The molecule has 1 amide bonds. The van der Waals surface area contributed by atoms with Gasteiger partial charge in [0.2, 0.25) is 5.91 Å². The second-order valence-electron chi connectivity index (χ2n) is 7.30. The van der Waals surface area contributed by atoms with Crippen molar-refractivity contribution >= 4 is 14.2 Å². The third-order valence-corrected chi connectivity index (χ3v) is 9.27. The summed E-state index contributed by atoms with van der Waals surface area (Å²) < 4.78 is 6.30. The molecule has 0 aromatic heterocycles. The highest BCUT2D eigenvalue weighted by Crippen LogP contribution is 2.39. The summed E-state index contributed by atoms with van der Waals surface area (Å²) in [6.07, 6.45) is -0.0892. The normalized spacial score (nSPS) is 27.5. The number of hydrogen-bond acceptors (Lipinski definition) is 3. The van der Waals surface area contributed by atoms with Crippen LogP contribution in [0.5, 0.6) is 0 Å². The van der Waals surface area contributed by atoms with Crippen molar-refractivity contribution < 1.29 is 14.3 Å². The molecule has 5 heteroatoms. The van der Waals surface area contributed by atoms with Gasteiger partial charge in [0.25, 0.3) is 0 Å². The van der Waals surface area contributed by atoms with Crippen LogP contribution in [-0.4, -0.2) is 38.1 Å². The maximum absolute atomic E-state index is 11.8. The molecule has 1 saturated heterocycles. The van der Waals surface area contributed by atoms with Gasteiger partial charge in [0, 0.05) is 18.6 Å². The van der Waals surface area contributed by atoms with Crippen molar-refractivity contribution in [3.8, 4) is 0 Å². The van der Waals surface area contributed by atoms with E-state index in [9.17, 15) is 9.90 Å². The minimum absolute atomic E-state index is 0.0391.